The van der Waals surface area contributed by atoms with Gasteiger partial charge in [-0.05, 0) is 38.0 Å². The zero-order valence-electron chi connectivity index (χ0n) is 19.6. The molecule has 0 aliphatic carbocycles. The van der Waals surface area contributed by atoms with Gasteiger partial charge in [-0.2, -0.15) is 0 Å². The fourth-order valence-electron chi connectivity index (χ4n) is 3.18. The van der Waals surface area contributed by atoms with Crippen LogP contribution in [0, 0.1) is 5.92 Å². The molecule has 2 rings (SSSR count). The van der Waals surface area contributed by atoms with E-state index in [1.165, 1.54) is 14.0 Å². The quantitative estimate of drug-likeness (QED) is 0.346. The van der Waals surface area contributed by atoms with Crippen molar-refractivity contribution >= 4 is 17.9 Å². The lowest BCUT2D eigenvalue weighted by atomic mass is 9.89. The third-order valence-electron chi connectivity index (χ3n) is 4.63. The van der Waals surface area contributed by atoms with Crippen LogP contribution in [0.15, 0.2) is 48.5 Å². The Kier molecular flexibility index (Phi) is 8.99. The number of ether oxygens (including phenoxy) is 4. The van der Waals surface area contributed by atoms with Gasteiger partial charge in [0.15, 0.2) is 5.92 Å². The molecule has 0 saturated heterocycles. The fourth-order valence-corrected chi connectivity index (χ4v) is 3.18. The lowest BCUT2D eigenvalue weighted by Gasteiger charge is -2.28. The molecule has 2 aromatic rings. The van der Waals surface area contributed by atoms with E-state index in [0.717, 1.165) is 5.56 Å². The molecular formula is C25H31NO7. The van der Waals surface area contributed by atoms with Gasteiger partial charge in [0.05, 0.1) is 13.2 Å². The van der Waals surface area contributed by atoms with Crippen molar-refractivity contribution in [2.24, 2.45) is 11.7 Å². The highest BCUT2D eigenvalue weighted by atomic mass is 16.6. The first kappa shape index (κ1) is 25.9. The van der Waals surface area contributed by atoms with Gasteiger partial charge in [0.2, 0.25) is 0 Å². The van der Waals surface area contributed by atoms with Crippen LogP contribution in [-0.2, 0) is 41.8 Å². The lowest BCUT2D eigenvalue weighted by molar-refractivity contribution is -0.169. The van der Waals surface area contributed by atoms with Crippen LogP contribution in [0.2, 0.25) is 0 Å². The molecule has 0 aromatic heterocycles. The molecule has 178 valence electrons. The smallest absolute Gasteiger partial charge is 0.322 e. The van der Waals surface area contributed by atoms with Gasteiger partial charge in [-0.25, -0.2) is 0 Å². The largest absolute Gasteiger partial charge is 0.489 e. The lowest BCUT2D eigenvalue weighted by Crippen LogP contribution is -2.40. The minimum absolute atomic E-state index is 0.108. The highest BCUT2D eigenvalue weighted by molar-refractivity contribution is 5.96. The van der Waals surface area contributed by atoms with E-state index in [9.17, 15) is 14.4 Å². The van der Waals surface area contributed by atoms with Crippen molar-refractivity contribution in [3.05, 3.63) is 65.2 Å². The second kappa shape index (κ2) is 11.5. The van der Waals surface area contributed by atoms with E-state index in [-0.39, 0.29) is 13.2 Å². The molecule has 0 aliphatic rings. The summed E-state index contributed by atoms with van der Waals surface area (Å²) >= 11 is 0. The number of methoxy groups -OCH3 is 1. The summed E-state index contributed by atoms with van der Waals surface area (Å²) in [7, 11) is 1.17. The van der Waals surface area contributed by atoms with E-state index in [1.807, 2.05) is 30.3 Å². The topological polar surface area (TPSA) is 114 Å². The molecule has 0 fully saturated rings. The predicted octanol–water partition coefficient (Wildman–Crippen LogP) is 3.46. The van der Waals surface area contributed by atoms with Crippen molar-refractivity contribution in [3.63, 3.8) is 0 Å². The summed E-state index contributed by atoms with van der Waals surface area (Å²) in [6.07, 6.45) is 0. The summed E-state index contributed by atoms with van der Waals surface area (Å²) in [5, 5.41) is 0. The van der Waals surface area contributed by atoms with Gasteiger partial charge in [-0.15, -0.1) is 0 Å². The Morgan fingerprint density at radius 1 is 0.939 bits per heavy atom. The van der Waals surface area contributed by atoms with Gasteiger partial charge in [0, 0.05) is 12.5 Å². The molecule has 0 radical (unpaired) electrons. The Balaban J connectivity index is 2.49. The van der Waals surface area contributed by atoms with E-state index in [1.54, 1.807) is 39.0 Å². The zero-order chi connectivity index (χ0) is 24.6. The summed E-state index contributed by atoms with van der Waals surface area (Å²) in [4.78, 5) is 36.9. The normalized spacial score (nSPS) is 12.9. The Morgan fingerprint density at radius 2 is 1.61 bits per heavy atom. The minimum Gasteiger partial charge on any atom is -0.489 e. The fraction of sp³-hybridized carbons (Fsp3) is 0.400. The number of carbonyl (C=O) groups is 3. The summed E-state index contributed by atoms with van der Waals surface area (Å²) in [6.45, 7) is 6.47. The maximum atomic E-state index is 12.9. The molecule has 8 heteroatoms. The first-order valence-electron chi connectivity index (χ1n) is 10.5. The SMILES string of the molecule is COC(=O)C(C(=O)OC(C)(C)C)C(N)c1c(COC(C)=O)cccc1OCc1ccccc1. The van der Waals surface area contributed by atoms with Gasteiger partial charge in [-0.1, -0.05) is 42.5 Å². The summed E-state index contributed by atoms with van der Waals surface area (Å²) in [5.74, 6) is -3.24. The van der Waals surface area contributed by atoms with Crippen molar-refractivity contribution in [2.45, 2.75) is 52.6 Å². The molecule has 8 nitrogen and oxygen atoms in total. The second-order valence-electron chi connectivity index (χ2n) is 8.44. The molecular weight excluding hydrogens is 426 g/mol. The molecule has 2 atom stereocenters. The highest BCUT2D eigenvalue weighted by Crippen LogP contribution is 2.34. The number of nitrogens with two attached hydrogens (primary N) is 1. The van der Waals surface area contributed by atoms with Crippen LogP contribution < -0.4 is 10.5 Å². The van der Waals surface area contributed by atoms with E-state index in [2.05, 4.69) is 0 Å². The zero-order valence-corrected chi connectivity index (χ0v) is 19.6. The number of rotatable bonds is 9. The van der Waals surface area contributed by atoms with E-state index in [4.69, 9.17) is 24.7 Å². The van der Waals surface area contributed by atoms with Gasteiger partial charge in [0.1, 0.15) is 24.6 Å². The van der Waals surface area contributed by atoms with E-state index < -0.39 is 35.5 Å². The Hall–Kier alpha value is -3.39. The molecule has 2 unspecified atom stereocenters. The minimum atomic E-state index is -1.45. The summed E-state index contributed by atoms with van der Waals surface area (Å²) in [6, 6.07) is 13.4. The second-order valence-corrected chi connectivity index (χ2v) is 8.44. The van der Waals surface area contributed by atoms with Crippen molar-refractivity contribution < 1.29 is 33.3 Å². The van der Waals surface area contributed by atoms with Gasteiger partial charge < -0.3 is 24.7 Å². The summed E-state index contributed by atoms with van der Waals surface area (Å²) < 4.78 is 21.5. The summed E-state index contributed by atoms with van der Waals surface area (Å²) in [5.41, 5.74) is 7.42. The molecule has 2 N–H and O–H groups in total. The molecule has 0 amide bonds. The molecule has 0 saturated carbocycles. The van der Waals surface area contributed by atoms with Crippen LogP contribution in [0.4, 0.5) is 0 Å². The molecule has 33 heavy (non-hydrogen) atoms. The third-order valence-corrected chi connectivity index (χ3v) is 4.63. The molecule has 0 heterocycles. The number of benzene rings is 2. The first-order valence-corrected chi connectivity index (χ1v) is 10.5. The number of esters is 3. The van der Waals surface area contributed by atoms with Crippen molar-refractivity contribution in [1.29, 1.82) is 0 Å². The van der Waals surface area contributed by atoms with E-state index >= 15 is 0 Å². The van der Waals surface area contributed by atoms with Gasteiger partial charge in [-0.3, -0.25) is 14.4 Å². The van der Waals surface area contributed by atoms with Crippen LogP contribution in [0.5, 0.6) is 5.75 Å². The van der Waals surface area contributed by atoms with Crippen LogP contribution in [0.1, 0.15) is 50.4 Å². The first-order chi connectivity index (χ1) is 15.5. The molecule has 0 aliphatic heterocycles. The highest BCUT2D eigenvalue weighted by Gasteiger charge is 2.40. The third kappa shape index (κ3) is 7.61. The molecule has 2 aromatic carbocycles. The standard InChI is InChI=1S/C25H31NO7/c1-16(27)31-15-18-12-9-13-19(32-14-17-10-7-6-8-11-17)20(18)22(26)21(23(28)30-5)24(29)33-25(2,3)4/h6-13,21-22H,14-15,26H2,1-5H3. The van der Waals surface area contributed by atoms with Crippen molar-refractivity contribution in [1.82, 2.24) is 0 Å². The Labute approximate surface area is 194 Å². The maximum absolute atomic E-state index is 12.9. The van der Waals surface area contributed by atoms with Gasteiger partial charge in [0.25, 0.3) is 0 Å². The average molecular weight is 458 g/mol. The van der Waals surface area contributed by atoms with Crippen molar-refractivity contribution in [3.8, 4) is 5.75 Å². The monoisotopic (exact) mass is 457 g/mol. The van der Waals surface area contributed by atoms with Crippen LogP contribution in [0.25, 0.3) is 0 Å². The predicted molar refractivity (Wildman–Crippen MR) is 121 cm³/mol. The average Bonchev–Trinajstić information content (AvgIpc) is 2.75. The molecule has 0 spiro atoms. The van der Waals surface area contributed by atoms with Gasteiger partial charge >= 0.3 is 17.9 Å². The van der Waals surface area contributed by atoms with E-state index in [0.29, 0.717) is 16.9 Å². The molecule has 0 bridgehead atoms. The van der Waals surface area contributed by atoms with Crippen LogP contribution in [0.3, 0.4) is 0 Å². The Morgan fingerprint density at radius 3 is 2.18 bits per heavy atom. The number of hydrogen-bond acceptors (Lipinski definition) is 8. The van der Waals surface area contributed by atoms with Crippen molar-refractivity contribution in [2.75, 3.05) is 7.11 Å². The number of hydrogen-bond donors (Lipinski definition) is 1. The van der Waals surface area contributed by atoms with Crippen LogP contribution in [-0.4, -0.2) is 30.6 Å². The van der Waals surface area contributed by atoms with Crippen LogP contribution >= 0.6 is 0 Å². The number of carbonyl (C=O) groups excluding carboxylic acids is 3. The Bertz CT molecular complexity index is 966. The maximum Gasteiger partial charge on any atom is 0.322 e.